The Morgan fingerprint density at radius 1 is 1.08 bits per heavy atom. The summed E-state index contributed by atoms with van der Waals surface area (Å²) in [5.41, 5.74) is 2.62. The maximum absolute atomic E-state index is 13.2. The number of benzene rings is 3. The smallest absolute Gasteiger partial charge is 0.335 e. The SMILES string of the molecule is C=CCc1cc(/C=C2\C(=O)NC(=O)N(c3ccc(Cl)cc3)C2=O)cc(Br)c1OCc1ccccc1C#N. The zero-order valence-corrected chi connectivity index (χ0v) is 21.7. The number of hydrogen-bond donors (Lipinski definition) is 1. The molecule has 1 heterocycles. The van der Waals surface area contributed by atoms with Crippen molar-refractivity contribution in [3.63, 3.8) is 0 Å². The molecule has 9 heteroatoms. The van der Waals surface area contributed by atoms with Crippen molar-refractivity contribution in [2.24, 2.45) is 0 Å². The van der Waals surface area contributed by atoms with Crippen LogP contribution in [-0.4, -0.2) is 17.8 Å². The maximum Gasteiger partial charge on any atom is 0.335 e. The molecule has 0 atom stereocenters. The Labute approximate surface area is 226 Å². The van der Waals surface area contributed by atoms with Gasteiger partial charge < -0.3 is 4.74 Å². The number of imide groups is 2. The number of carbonyl (C=O) groups is 3. The van der Waals surface area contributed by atoms with E-state index in [1.54, 1.807) is 42.5 Å². The molecule has 0 radical (unpaired) electrons. The summed E-state index contributed by atoms with van der Waals surface area (Å²) < 4.78 is 6.64. The van der Waals surface area contributed by atoms with Gasteiger partial charge in [0.1, 0.15) is 17.9 Å². The molecule has 1 fully saturated rings. The van der Waals surface area contributed by atoms with Crippen LogP contribution in [0.4, 0.5) is 10.5 Å². The van der Waals surface area contributed by atoms with Crippen molar-refractivity contribution in [2.45, 2.75) is 13.0 Å². The molecule has 4 rings (SSSR count). The summed E-state index contributed by atoms with van der Waals surface area (Å²) in [7, 11) is 0. The van der Waals surface area contributed by atoms with E-state index in [0.717, 1.165) is 16.0 Å². The van der Waals surface area contributed by atoms with E-state index in [4.69, 9.17) is 16.3 Å². The van der Waals surface area contributed by atoms with Crippen molar-refractivity contribution in [1.82, 2.24) is 5.32 Å². The fourth-order valence-corrected chi connectivity index (χ4v) is 4.54. The molecule has 4 amide bonds. The number of ether oxygens (including phenoxy) is 1. The number of allylic oxidation sites excluding steroid dienone is 1. The van der Waals surface area contributed by atoms with Gasteiger partial charge in [-0.25, -0.2) is 9.69 Å². The fourth-order valence-electron chi connectivity index (χ4n) is 3.78. The number of nitrogens with zero attached hydrogens (tertiary/aromatic N) is 2. The van der Waals surface area contributed by atoms with Gasteiger partial charge in [0, 0.05) is 10.6 Å². The molecule has 1 saturated heterocycles. The second-order valence-corrected chi connectivity index (χ2v) is 9.27. The van der Waals surface area contributed by atoms with E-state index in [9.17, 15) is 19.6 Å². The molecule has 0 unspecified atom stereocenters. The third-order valence-corrected chi connectivity index (χ3v) is 6.36. The second-order valence-electron chi connectivity index (χ2n) is 7.98. The van der Waals surface area contributed by atoms with E-state index in [0.29, 0.717) is 32.8 Å². The van der Waals surface area contributed by atoms with Crippen LogP contribution in [0.25, 0.3) is 6.08 Å². The number of halogens is 2. The van der Waals surface area contributed by atoms with Crippen molar-refractivity contribution in [2.75, 3.05) is 4.90 Å². The van der Waals surface area contributed by atoms with Gasteiger partial charge in [-0.05, 0) is 82.0 Å². The lowest BCUT2D eigenvalue weighted by Crippen LogP contribution is -2.54. The van der Waals surface area contributed by atoms with Crippen molar-refractivity contribution in [1.29, 1.82) is 5.26 Å². The number of barbiturate groups is 1. The molecule has 1 aliphatic rings. The Morgan fingerprint density at radius 2 is 1.81 bits per heavy atom. The van der Waals surface area contributed by atoms with Gasteiger partial charge in [-0.2, -0.15) is 5.26 Å². The number of anilines is 1. The Kier molecular flexibility index (Phi) is 7.87. The molecular formula is C28H19BrClN3O4. The summed E-state index contributed by atoms with van der Waals surface area (Å²) in [5, 5.41) is 12.0. The first-order valence-corrected chi connectivity index (χ1v) is 12.2. The molecule has 37 heavy (non-hydrogen) atoms. The first kappa shape index (κ1) is 25.9. The summed E-state index contributed by atoms with van der Waals surface area (Å²) in [6.07, 6.45) is 3.56. The molecule has 1 N–H and O–H groups in total. The highest BCUT2D eigenvalue weighted by Gasteiger charge is 2.36. The van der Waals surface area contributed by atoms with Crippen molar-refractivity contribution < 1.29 is 19.1 Å². The van der Waals surface area contributed by atoms with Crippen LogP contribution in [0.5, 0.6) is 5.75 Å². The molecule has 0 aromatic heterocycles. The Balaban J connectivity index is 1.67. The lowest BCUT2D eigenvalue weighted by atomic mass is 10.0. The van der Waals surface area contributed by atoms with Gasteiger partial charge in [0.25, 0.3) is 11.8 Å². The first-order chi connectivity index (χ1) is 17.8. The third-order valence-electron chi connectivity index (χ3n) is 5.51. The fraction of sp³-hybridized carbons (Fsp3) is 0.0714. The summed E-state index contributed by atoms with van der Waals surface area (Å²) >= 11 is 9.44. The van der Waals surface area contributed by atoms with Crippen molar-refractivity contribution in [3.8, 4) is 11.8 Å². The molecule has 0 saturated carbocycles. The molecule has 0 aliphatic carbocycles. The molecule has 1 aliphatic heterocycles. The Hall–Kier alpha value is -4.19. The highest BCUT2D eigenvalue weighted by molar-refractivity contribution is 9.10. The highest BCUT2D eigenvalue weighted by Crippen LogP contribution is 2.34. The topological polar surface area (TPSA) is 99.5 Å². The van der Waals surface area contributed by atoms with Crippen molar-refractivity contribution >= 4 is 57.1 Å². The van der Waals surface area contributed by atoms with Gasteiger partial charge in [-0.1, -0.05) is 35.9 Å². The molecular weight excluding hydrogens is 558 g/mol. The zero-order valence-electron chi connectivity index (χ0n) is 19.3. The summed E-state index contributed by atoms with van der Waals surface area (Å²) in [6, 6.07) is 18.1. The van der Waals surface area contributed by atoms with Crippen LogP contribution in [0, 0.1) is 11.3 Å². The number of hydrogen-bond acceptors (Lipinski definition) is 5. The third kappa shape index (κ3) is 5.64. The van der Waals surface area contributed by atoms with Crippen LogP contribution < -0.4 is 15.0 Å². The molecule has 3 aromatic rings. The van der Waals surface area contributed by atoms with Gasteiger partial charge in [-0.3, -0.25) is 14.9 Å². The Bertz CT molecular complexity index is 1490. The van der Waals surface area contributed by atoms with Crippen LogP contribution in [0.3, 0.4) is 0 Å². The lowest BCUT2D eigenvalue weighted by Gasteiger charge is -2.26. The minimum absolute atomic E-state index is 0.173. The molecule has 7 nitrogen and oxygen atoms in total. The van der Waals surface area contributed by atoms with E-state index in [1.165, 1.54) is 18.2 Å². The minimum atomic E-state index is -0.843. The second kappa shape index (κ2) is 11.2. The van der Waals surface area contributed by atoms with E-state index in [2.05, 4.69) is 33.9 Å². The lowest BCUT2D eigenvalue weighted by molar-refractivity contribution is -0.122. The number of urea groups is 1. The van der Waals surface area contributed by atoms with E-state index in [1.807, 2.05) is 12.1 Å². The van der Waals surface area contributed by atoms with Gasteiger partial charge in [0.05, 0.1) is 21.8 Å². The van der Waals surface area contributed by atoms with Crippen LogP contribution in [0.15, 0.2) is 83.4 Å². The molecule has 184 valence electrons. The van der Waals surface area contributed by atoms with Gasteiger partial charge >= 0.3 is 6.03 Å². The van der Waals surface area contributed by atoms with Crippen LogP contribution in [0.1, 0.15) is 22.3 Å². The summed E-state index contributed by atoms with van der Waals surface area (Å²) in [5.74, 6) is -1.01. The number of nitrogens with one attached hydrogen (secondary N) is 1. The zero-order chi connectivity index (χ0) is 26.5. The molecule has 0 spiro atoms. The molecule has 3 aromatic carbocycles. The van der Waals surface area contributed by atoms with Gasteiger partial charge in [0.15, 0.2) is 0 Å². The average Bonchev–Trinajstić information content (AvgIpc) is 2.87. The maximum atomic E-state index is 13.2. The number of carbonyl (C=O) groups excluding carboxylic acids is 3. The monoisotopic (exact) mass is 575 g/mol. The Morgan fingerprint density at radius 3 is 2.51 bits per heavy atom. The standard InChI is InChI=1S/C28H19BrClN3O4/c1-2-5-18-12-17(14-24(29)25(18)37-16-20-7-4-3-6-19(20)15-31)13-23-26(34)32-28(36)33(27(23)35)22-10-8-21(30)9-11-22/h2-4,6-14H,1,5,16H2,(H,32,34,36)/b23-13+. The van der Waals surface area contributed by atoms with E-state index < -0.39 is 17.8 Å². The van der Waals surface area contributed by atoms with Gasteiger partial charge in [0.2, 0.25) is 0 Å². The number of amides is 4. The summed E-state index contributed by atoms with van der Waals surface area (Å²) in [4.78, 5) is 39.1. The number of rotatable bonds is 7. The van der Waals surface area contributed by atoms with Crippen LogP contribution in [-0.2, 0) is 22.6 Å². The normalized spacial score (nSPS) is 14.4. The highest BCUT2D eigenvalue weighted by atomic mass is 79.9. The number of nitriles is 1. The molecule has 0 bridgehead atoms. The predicted octanol–water partition coefficient (Wildman–Crippen LogP) is 5.95. The predicted molar refractivity (Wildman–Crippen MR) is 144 cm³/mol. The van der Waals surface area contributed by atoms with Crippen LogP contribution in [0.2, 0.25) is 5.02 Å². The van der Waals surface area contributed by atoms with Crippen LogP contribution >= 0.6 is 27.5 Å². The minimum Gasteiger partial charge on any atom is -0.487 e. The largest absolute Gasteiger partial charge is 0.487 e. The first-order valence-electron chi connectivity index (χ1n) is 11.0. The van der Waals surface area contributed by atoms with Gasteiger partial charge in [-0.15, -0.1) is 6.58 Å². The van der Waals surface area contributed by atoms with E-state index in [-0.39, 0.29) is 17.9 Å². The van der Waals surface area contributed by atoms with Crippen molar-refractivity contribution in [3.05, 3.63) is 111 Å². The quantitative estimate of drug-likeness (QED) is 0.213. The van der Waals surface area contributed by atoms with E-state index >= 15 is 0 Å². The average molecular weight is 577 g/mol. The summed E-state index contributed by atoms with van der Waals surface area (Å²) in [6.45, 7) is 3.97.